The third-order valence-electron chi connectivity index (χ3n) is 4.64. The van der Waals surface area contributed by atoms with E-state index in [-0.39, 0.29) is 11.9 Å². The monoisotopic (exact) mass is 349 g/mol. The Hall–Kier alpha value is -3.22. The number of allylic oxidation sites excluding steroid dienone is 1. The van der Waals surface area contributed by atoms with Crippen LogP contribution >= 0.6 is 0 Å². The highest BCUT2D eigenvalue weighted by atomic mass is 16.4. The minimum absolute atomic E-state index is 0.00272. The van der Waals surface area contributed by atoms with Crippen LogP contribution in [0.4, 0.5) is 5.82 Å². The molecule has 0 amide bonds. The van der Waals surface area contributed by atoms with Crippen molar-refractivity contribution >= 4 is 29.4 Å². The number of anilines is 1. The molecule has 3 heterocycles. The maximum Gasteiger partial charge on any atom is 0.357 e. The van der Waals surface area contributed by atoms with Crippen LogP contribution in [0.2, 0.25) is 0 Å². The van der Waals surface area contributed by atoms with Gasteiger partial charge < -0.3 is 5.11 Å². The van der Waals surface area contributed by atoms with Gasteiger partial charge in [0.15, 0.2) is 5.69 Å². The van der Waals surface area contributed by atoms with Crippen molar-refractivity contribution in [3.8, 4) is 0 Å². The number of carboxylic acids is 1. The highest BCUT2D eigenvalue weighted by Gasteiger charge is 2.37. The van der Waals surface area contributed by atoms with Crippen molar-refractivity contribution in [1.82, 2.24) is 9.78 Å². The largest absolute Gasteiger partial charge is 0.476 e. The van der Waals surface area contributed by atoms with Gasteiger partial charge in [0.1, 0.15) is 12.0 Å². The van der Waals surface area contributed by atoms with Crippen molar-refractivity contribution in [2.24, 2.45) is 17.0 Å². The van der Waals surface area contributed by atoms with Crippen LogP contribution < -0.4 is 4.90 Å². The zero-order valence-electron chi connectivity index (χ0n) is 14.8. The van der Waals surface area contributed by atoms with E-state index in [1.165, 1.54) is 0 Å². The molecule has 0 aliphatic carbocycles. The van der Waals surface area contributed by atoms with Gasteiger partial charge in [-0.1, -0.05) is 37.3 Å². The summed E-state index contributed by atoms with van der Waals surface area (Å²) in [4.78, 5) is 23.2. The van der Waals surface area contributed by atoms with Crippen LogP contribution in [-0.4, -0.2) is 38.9 Å². The van der Waals surface area contributed by atoms with E-state index in [0.29, 0.717) is 11.4 Å². The van der Waals surface area contributed by atoms with Gasteiger partial charge in [0.05, 0.1) is 22.7 Å². The lowest BCUT2D eigenvalue weighted by molar-refractivity contribution is 0.0689. The minimum Gasteiger partial charge on any atom is -0.476 e. The number of aromatic nitrogens is 2. The Morgan fingerprint density at radius 1 is 1.27 bits per heavy atom. The number of nitrogens with zero attached hydrogens (tertiary/aromatic N) is 5. The average molecular weight is 349 g/mol. The summed E-state index contributed by atoms with van der Waals surface area (Å²) in [7, 11) is 1.75. The number of carbonyl (C=O) groups is 1. The molecule has 2 aliphatic rings. The first-order chi connectivity index (χ1) is 12.5. The molecule has 7 heteroatoms. The number of fused-ring (bicyclic) bond motifs is 3. The topological polar surface area (TPSA) is 83.1 Å². The first-order valence-corrected chi connectivity index (χ1v) is 8.53. The van der Waals surface area contributed by atoms with Gasteiger partial charge in [0.25, 0.3) is 0 Å². The lowest BCUT2D eigenvalue weighted by Gasteiger charge is -2.25. The number of aromatic carboxylic acids is 1. The molecule has 4 rings (SSSR count). The van der Waals surface area contributed by atoms with Gasteiger partial charge in [-0.3, -0.25) is 19.6 Å². The van der Waals surface area contributed by atoms with Crippen molar-refractivity contribution in [1.29, 1.82) is 0 Å². The Kier molecular flexibility index (Phi) is 3.72. The van der Waals surface area contributed by atoms with Gasteiger partial charge in [-0.05, 0) is 13.3 Å². The lowest BCUT2D eigenvalue weighted by atomic mass is 10.1. The number of carboxylic acid groups (broad SMARTS) is 1. The van der Waals surface area contributed by atoms with E-state index in [2.05, 4.69) is 17.0 Å². The van der Waals surface area contributed by atoms with E-state index in [1.807, 2.05) is 42.2 Å². The number of hydrogen-bond acceptors (Lipinski definition) is 5. The Labute approximate surface area is 151 Å². The summed E-state index contributed by atoms with van der Waals surface area (Å²) in [5, 5.41) is 13.7. The third-order valence-corrected chi connectivity index (χ3v) is 4.64. The fourth-order valence-electron chi connectivity index (χ4n) is 3.55. The van der Waals surface area contributed by atoms with Gasteiger partial charge in [0, 0.05) is 18.8 Å². The molecule has 0 fully saturated rings. The fourth-order valence-corrected chi connectivity index (χ4v) is 3.55. The molecule has 132 valence electrons. The number of aliphatic imine (C=N–C) groups is 2. The standard InChI is InChI=1S/C19H19N5O2/c1-4-14-17-15(12-8-6-5-7-9-12)20-10-13-16(19(25)26)22-23(3)18(13)24(17)11(2)21-14/h5-11H,4H2,1-3H3,(H,25,26). The Bertz CT molecular complexity index is 985. The second-order valence-electron chi connectivity index (χ2n) is 6.27. The van der Waals surface area contributed by atoms with Gasteiger partial charge in [-0.25, -0.2) is 4.79 Å². The predicted molar refractivity (Wildman–Crippen MR) is 101 cm³/mol. The highest BCUT2D eigenvalue weighted by Crippen LogP contribution is 2.39. The molecule has 2 aromatic rings. The molecule has 2 aliphatic heterocycles. The molecule has 0 bridgehead atoms. The SMILES string of the molecule is CCC1=NC(C)N2C1=C(c1ccccc1)N=Cc1c(C(=O)O)nn(C)c12. The molecule has 1 atom stereocenters. The Balaban J connectivity index is 2.02. The van der Waals surface area contributed by atoms with Crippen molar-refractivity contribution in [3.63, 3.8) is 0 Å². The Morgan fingerprint density at radius 3 is 2.65 bits per heavy atom. The molecule has 1 aromatic heterocycles. The van der Waals surface area contributed by atoms with Crippen LogP contribution in [0.3, 0.4) is 0 Å². The summed E-state index contributed by atoms with van der Waals surface area (Å²) in [6, 6.07) is 9.89. The first kappa shape index (κ1) is 16.3. The van der Waals surface area contributed by atoms with E-state index in [0.717, 1.165) is 29.1 Å². The van der Waals surface area contributed by atoms with Crippen molar-refractivity contribution in [3.05, 3.63) is 52.8 Å². The zero-order chi connectivity index (χ0) is 18.4. The van der Waals surface area contributed by atoms with Crippen LogP contribution in [-0.2, 0) is 7.05 Å². The van der Waals surface area contributed by atoms with E-state index in [9.17, 15) is 9.90 Å². The molecule has 1 unspecified atom stereocenters. The van der Waals surface area contributed by atoms with E-state index in [1.54, 1.807) is 17.9 Å². The van der Waals surface area contributed by atoms with Gasteiger partial charge in [0.2, 0.25) is 0 Å². The summed E-state index contributed by atoms with van der Waals surface area (Å²) >= 11 is 0. The maximum absolute atomic E-state index is 11.6. The fraction of sp³-hybridized carbons (Fsp3) is 0.263. The first-order valence-electron chi connectivity index (χ1n) is 8.53. The van der Waals surface area contributed by atoms with Gasteiger partial charge in [-0.2, -0.15) is 5.10 Å². The number of benzene rings is 1. The Morgan fingerprint density at radius 2 is 2.00 bits per heavy atom. The number of hydrogen-bond donors (Lipinski definition) is 1. The molecule has 0 saturated heterocycles. The van der Waals surface area contributed by atoms with Crippen LogP contribution in [0.1, 0.15) is 41.9 Å². The molecule has 0 radical (unpaired) electrons. The average Bonchev–Trinajstić information content (AvgIpc) is 3.06. The molecular weight excluding hydrogens is 330 g/mol. The van der Waals surface area contributed by atoms with Gasteiger partial charge in [-0.15, -0.1) is 0 Å². The van der Waals surface area contributed by atoms with E-state index in [4.69, 9.17) is 4.99 Å². The lowest BCUT2D eigenvalue weighted by Crippen LogP contribution is -2.30. The smallest absolute Gasteiger partial charge is 0.357 e. The van der Waals surface area contributed by atoms with Crippen LogP contribution in [0.25, 0.3) is 5.70 Å². The van der Waals surface area contributed by atoms with Crippen LogP contribution in [0.5, 0.6) is 0 Å². The second-order valence-corrected chi connectivity index (χ2v) is 6.27. The quantitative estimate of drug-likeness (QED) is 0.923. The number of rotatable bonds is 3. The van der Waals surface area contributed by atoms with Crippen molar-refractivity contribution < 1.29 is 9.90 Å². The van der Waals surface area contributed by atoms with E-state index >= 15 is 0 Å². The van der Waals surface area contributed by atoms with Crippen LogP contribution in [0, 0.1) is 0 Å². The minimum atomic E-state index is -1.07. The van der Waals surface area contributed by atoms with Crippen molar-refractivity contribution in [2.75, 3.05) is 4.90 Å². The van der Waals surface area contributed by atoms with E-state index < -0.39 is 5.97 Å². The molecule has 7 nitrogen and oxygen atoms in total. The molecular formula is C19H19N5O2. The summed E-state index contributed by atoms with van der Waals surface area (Å²) < 4.78 is 1.60. The molecule has 0 saturated carbocycles. The number of aryl methyl sites for hydroxylation is 1. The predicted octanol–water partition coefficient (Wildman–Crippen LogP) is 2.94. The third kappa shape index (κ3) is 2.28. The summed E-state index contributed by atoms with van der Waals surface area (Å²) in [5.74, 6) is -0.367. The summed E-state index contributed by atoms with van der Waals surface area (Å²) in [6.45, 7) is 4.06. The van der Waals surface area contributed by atoms with Crippen molar-refractivity contribution in [2.45, 2.75) is 26.4 Å². The van der Waals surface area contributed by atoms with Gasteiger partial charge >= 0.3 is 5.97 Å². The summed E-state index contributed by atoms with van der Waals surface area (Å²) in [5.41, 5.74) is 4.14. The van der Waals surface area contributed by atoms with Crippen LogP contribution in [0.15, 0.2) is 46.0 Å². The highest BCUT2D eigenvalue weighted by molar-refractivity contribution is 6.15. The summed E-state index contributed by atoms with van der Waals surface area (Å²) in [6.07, 6.45) is 2.22. The normalized spacial score (nSPS) is 18.5. The maximum atomic E-state index is 11.6. The molecule has 1 N–H and O–H groups in total. The zero-order valence-corrected chi connectivity index (χ0v) is 14.8. The second kappa shape index (κ2) is 5.94. The molecule has 26 heavy (non-hydrogen) atoms. The molecule has 0 spiro atoms. The molecule has 1 aromatic carbocycles.